The van der Waals surface area contributed by atoms with Crippen molar-refractivity contribution in [3.63, 3.8) is 0 Å². The summed E-state index contributed by atoms with van der Waals surface area (Å²) in [6, 6.07) is 15.1. The zero-order valence-electron chi connectivity index (χ0n) is 18.8. The second-order valence-corrected chi connectivity index (χ2v) is 10.9. The lowest BCUT2D eigenvalue weighted by Crippen LogP contribution is -2.33. The fourth-order valence-electron chi connectivity index (χ4n) is 3.48. The molecule has 35 heavy (non-hydrogen) atoms. The van der Waals surface area contributed by atoms with Gasteiger partial charge >= 0.3 is 0 Å². The number of rotatable bonds is 5. The molecule has 2 aromatic carbocycles. The molecule has 2 N–H and O–H groups in total. The molecule has 9 nitrogen and oxygen atoms in total. The molecule has 2 aliphatic rings. The first-order valence-electron chi connectivity index (χ1n) is 10.3. The van der Waals surface area contributed by atoms with Gasteiger partial charge in [-0.1, -0.05) is 72.0 Å². The van der Waals surface area contributed by atoms with E-state index in [2.05, 4.69) is 0 Å². The highest BCUT2D eigenvalue weighted by Crippen LogP contribution is 2.44. The van der Waals surface area contributed by atoms with Gasteiger partial charge in [-0.2, -0.15) is 8.42 Å². The van der Waals surface area contributed by atoms with Crippen molar-refractivity contribution >= 4 is 67.5 Å². The van der Waals surface area contributed by atoms with E-state index in [0.717, 1.165) is 34.7 Å². The van der Waals surface area contributed by atoms with Crippen LogP contribution in [-0.4, -0.2) is 57.4 Å². The molecule has 0 saturated carbocycles. The molecule has 1 saturated heterocycles. The number of thiocarbonyl (C=S) groups is 1. The van der Waals surface area contributed by atoms with Gasteiger partial charge < -0.3 is 10.0 Å². The van der Waals surface area contributed by atoms with Gasteiger partial charge in [-0.15, -0.1) is 0 Å². The van der Waals surface area contributed by atoms with Crippen LogP contribution in [-0.2, 0) is 31.0 Å². The van der Waals surface area contributed by atoms with E-state index in [1.807, 2.05) is 43.3 Å². The van der Waals surface area contributed by atoms with Crippen LogP contribution in [0.25, 0.3) is 5.57 Å². The first kappa shape index (κ1) is 26.5. The van der Waals surface area contributed by atoms with Crippen LogP contribution in [0.2, 0.25) is 0 Å². The van der Waals surface area contributed by atoms with E-state index < -0.39 is 27.7 Å². The number of hydrogen-bond donors (Lipinski definition) is 2. The summed E-state index contributed by atoms with van der Waals surface area (Å²) in [4.78, 5) is 38.3. The van der Waals surface area contributed by atoms with Crippen LogP contribution in [0.15, 0.2) is 53.4 Å². The lowest BCUT2D eigenvalue weighted by molar-refractivity contribution is -0.134. The summed E-state index contributed by atoms with van der Waals surface area (Å²) in [6.45, 7) is 3.15. The molecule has 0 atom stereocenters. The molecular weight excluding hydrogens is 512 g/mol. The summed E-state index contributed by atoms with van der Waals surface area (Å²) in [5, 5.41) is 7.42. The molecule has 2 amide bonds. The summed E-state index contributed by atoms with van der Waals surface area (Å²) in [7, 11) is -4.25. The minimum atomic E-state index is -4.25. The lowest BCUT2D eigenvalue weighted by atomic mass is 10.1. The Kier molecular flexibility index (Phi) is 8.11. The number of nitrogens with zero attached hydrogens (tertiary/aromatic N) is 2. The zero-order chi connectivity index (χ0) is 25.9. The number of hydrogen-bond acceptors (Lipinski definition) is 7. The van der Waals surface area contributed by atoms with Crippen molar-refractivity contribution in [1.82, 2.24) is 4.90 Å². The number of benzene rings is 2. The number of thioether (sulfide) groups is 1. The number of amides is 2. The molecule has 0 aliphatic carbocycles. The van der Waals surface area contributed by atoms with Crippen molar-refractivity contribution in [2.45, 2.75) is 20.4 Å². The highest BCUT2D eigenvalue weighted by molar-refractivity contribution is 8.26. The molecular formula is C23H22N2O7S3. The molecule has 0 bridgehead atoms. The van der Waals surface area contributed by atoms with Gasteiger partial charge in [-0.25, -0.2) is 0 Å². The Labute approximate surface area is 212 Å². The average Bonchev–Trinajstić information content (AvgIpc) is 3.19. The van der Waals surface area contributed by atoms with Crippen molar-refractivity contribution in [2.24, 2.45) is 0 Å². The zero-order valence-corrected chi connectivity index (χ0v) is 21.2. The van der Waals surface area contributed by atoms with Gasteiger partial charge in [0.05, 0.1) is 28.5 Å². The predicted octanol–water partition coefficient (Wildman–Crippen LogP) is 3.09. The van der Waals surface area contributed by atoms with Crippen LogP contribution in [0.4, 0.5) is 5.69 Å². The molecule has 1 fully saturated rings. The summed E-state index contributed by atoms with van der Waals surface area (Å²) in [6.07, 6.45) is 0. The highest BCUT2D eigenvalue weighted by Gasteiger charge is 2.42. The minimum Gasteiger partial charge on any atom is -0.481 e. The topological polar surface area (TPSA) is 132 Å². The molecule has 2 heterocycles. The van der Waals surface area contributed by atoms with E-state index >= 15 is 0 Å². The third-order valence-corrected chi connectivity index (χ3v) is 7.18. The number of carbonyl (C=O) groups is 3. The number of carbonyl (C=O) groups excluding carboxylic acids is 2. The monoisotopic (exact) mass is 534 g/mol. The SMILES string of the molecule is CC(=O)O.Cc1ccc(CN2C(=O)/C(=C3\SC(=S)N(CCS(=O)(=O)O)C3=O)c3ccccc32)cc1. The third kappa shape index (κ3) is 6.34. The van der Waals surface area contributed by atoms with Crippen LogP contribution in [0.1, 0.15) is 23.6 Å². The Morgan fingerprint density at radius 1 is 1.03 bits per heavy atom. The second-order valence-electron chi connectivity index (χ2n) is 7.73. The number of carboxylic acid groups (broad SMARTS) is 1. The van der Waals surface area contributed by atoms with Crippen molar-refractivity contribution in [3.8, 4) is 0 Å². The molecule has 2 aliphatic heterocycles. The van der Waals surface area contributed by atoms with E-state index in [1.165, 1.54) is 0 Å². The van der Waals surface area contributed by atoms with E-state index in [-0.39, 0.29) is 27.3 Å². The van der Waals surface area contributed by atoms with Gasteiger partial charge in [0.1, 0.15) is 4.32 Å². The number of carboxylic acids is 1. The van der Waals surface area contributed by atoms with Crippen LogP contribution in [0.3, 0.4) is 0 Å². The Bertz CT molecular complexity index is 1330. The van der Waals surface area contributed by atoms with Crippen LogP contribution >= 0.6 is 24.0 Å². The molecule has 4 rings (SSSR count). The molecule has 0 radical (unpaired) electrons. The smallest absolute Gasteiger partial charge is 0.300 e. The standard InChI is InChI=1S/C21H18N2O5S3.C2H4O2/c1-13-6-8-14(9-7-13)12-23-16-5-3-2-4-15(16)17(19(23)24)18-20(25)22(21(29)30-18)10-11-31(26,27)28;1-2(3)4/h2-9H,10-12H2,1H3,(H,26,27,28);1H3,(H,3,4)/b18-17-;. The normalized spacial score (nSPS) is 17.4. The molecule has 0 unspecified atom stereocenters. The highest BCUT2D eigenvalue weighted by atomic mass is 32.2. The first-order valence-corrected chi connectivity index (χ1v) is 13.1. The van der Waals surface area contributed by atoms with E-state index in [4.69, 9.17) is 26.7 Å². The van der Waals surface area contributed by atoms with E-state index in [0.29, 0.717) is 17.8 Å². The van der Waals surface area contributed by atoms with E-state index in [1.54, 1.807) is 17.0 Å². The van der Waals surface area contributed by atoms with Crippen LogP contribution in [0.5, 0.6) is 0 Å². The maximum absolute atomic E-state index is 13.4. The van der Waals surface area contributed by atoms with Gasteiger partial charge in [0, 0.05) is 19.0 Å². The number of para-hydroxylation sites is 1. The van der Waals surface area contributed by atoms with Crippen molar-refractivity contribution < 1.29 is 32.5 Å². The molecule has 0 spiro atoms. The number of aliphatic carboxylic acids is 1. The maximum atomic E-state index is 13.4. The van der Waals surface area contributed by atoms with Crippen molar-refractivity contribution in [2.75, 3.05) is 17.2 Å². The first-order chi connectivity index (χ1) is 16.4. The van der Waals surface area contributed by atoms with Crippen molar-refractivity contribution in [1.29, 1.82) is 0 Å². The number of anilines is 1. The Morgan fingerprint density at radius 2 is 1.63 bits per heavy atom. The Morgan fingerprint density at radius 3 is 2.23 bits per heavy atom. The summed E-state index contributed by atoms with van der Waals surface area (Å²) >= 11 is 6.21. The Hall–Kier alpha value is -3.06. The minimum absolute atomic E-state index is 0.151. The van der Waals surface area contributed by atoms with Crippen LogP contribution < -0.4 is 4.90 Å². The lowest BCUT2D eigenvalue weighted by Gasteiger charge is -2.17. The average molecular weight is 535 g/mol. The third-order valence-electron chi connectivity index (χ3n) is 5.03. The van der Waals surface area contributed by atoms with Gasteiger partial charge in [-0.3, -0.25) is 23.8 Å². The molecule has 0 aromatic heterocycles. The predicted molar refractivity (Wildman–Crippen MR) is 137 cm³/mol. The fraction of sp³-hybridized carbons (Fsp3) is 0.217. The number of aryl methyl sites for hydroxylation is 1. The summed E-state index contributed by atoms with van der Waals surface area (Å²) in [5.41, 5.74) is 3.66. The summed E-state index contributed by atoms with van der Waals surface area (Å²) < 4.78 is 31.3. The van der Waals surface area contributed by atoms with Gasteiger partial charge in [0.2, 0.25) is 0 Å². The Balaban J connectivity index is 0.000000795. The second kappa shape index (κ2) is 10.7. The van der Waals surface area contributed by atoms with Crippen molar-refractivity contribution in [3.05, 3.63) is 70.1 Å². The quantitative estimate of drug-likeness (QED) is 0.337. The van der Waals surface area contributed by atoms with Gasteiger partial charge in [0.15, 0.2) is 0 Å². The number of fused-ring (bicyclic) bond motifs is 1. The van der Waals surface area contributed by atoms with Gasteiger partial charge in [-0.05, 0) is 18.6 Å². The molecule has 184 valence electrons. The molecule has 12 heteroatoms. The largest absolute Gasteiger partial charge is 0.481 e. The molecule has 2 aromatic rings. The maximum Gasteiger partial charge on any atom is 0.300 e. The van der Waals surface area contributed by atoms with Crippen LogP contribution in [0, 0.1) is 6.92 Å². The fourth-order valence-corrected chi connectivity index (χ4v) is 5.27. The van der Waals surface area contributed by atoms with E-state index in [9.17, 15) is 18.0 Å². The summed E-state index contributed by atoms with van der Waals surface area (Å²) in [5.74, 6) is -2.31. The van der Waals surface area contributed by atoms with Gasteiger partial charge in [0.25, 0.3) is 27.9 Å².